The molecule has 0 saturated heterocycles. The quantitative estimate of drug-likeness (QED) is 0.133. The van der Waals surface area contributed by atoms with Crippen molar-refractivity contribution in [2.24, 2.45) is 23.2 Å². The van der Waals surface area contributed by atoms with Crippen LogP contribution in [0.15, 0.2) is 54.9 Å². The van der Waals surface area contributed by atoms with Crippen molar-refractivity contribution in [2.75, 3.05) is 0 Å². The van der Waals surface area contributed by atoms with E-state index in [1.807, 2.05) is 18.5 Å². The second-order valence-corrected chi connectivity index (χ2v) is 13.5. The summed E-state index contributed by atoms with van der Waals surface area (Å²) in [7, 11) is 0. The van der Waals surface area contributed by atoms with Crippen LogP contribution >= 0.6 is 11.6 Å². The first-order chi connectivity index (χ1) is 20.0. The van der Waals surface area contributed by atoms with Crippen molar-refractivity contribution < 1.29 is 13.5 Å². The van der Waals surface area contributed by atoms with Crippen LogP contribution in [0.1, 0.15) is 110 Å². The maximum Gasteiger partial charge on any atom is 0.165 e. The molecule has 0 atom stereocenters. The second-order valence-electron chi connectivity index (χ2n) is 13.0. The number of nitrogens with zero attached hydrogens (tertiary/aromatic N) is 1. The molecule has 0 spiro atoms. The van der Waals surface area contributed by atoms with Gasteiger partial charge < -0.3 is 9.30 Å². The summed E-state index contributed by atoms with van der Waals surface area (Å²) in [6.07, 6.45) is 14.7. The minimum absolute atomic E-state index is 0.0847. The van der Waals surface area contributed by atoms with E-state index in [-0.39, 0.29) is 12.4 Å². The van der Waals surface area contributed by atoms with Gasteiger partial charge >= 0.3 is 0 Å². The standard InChI is InChI=1S/C37H52ClF2NO/c1-27(2)37(28(3)4,29(5)6)19-12-10-8-7-9-11-13-20-41-21-18-31(25-41)22-32-23-35(40)36(24-34(32)39)42-26-30-14-16-33(38)17-15-30/h14-18,21,23-25,27-29H,7-13,19-20,22,26H2,1-6H3. The summed E-state index contributed by atoms with van der Waals surface area (Å²) in [6.45, 7) is 15.5. The summed E-state index contributed by atoms with van der Waals surface area (Å²) in [6, 6.07) is 11.5. The average Bonchev–Trinajstić information content (AvgIpc) is 3.38. The highest BCUT2D eigenvalue weighted by molar-refractivity contribution is 6.30. The van der Waals surface area contributed by atoms with Gasteiger partial charge in [0.1, 0.15) is 12.4 Å². The van der Waals surface area contributed by atoms with Crippen LogP contribution in [0.3, 0.4) is 0 Å². The number of hydrogen-bond acceptors (Lipinski definition) is 1. The predicted molar refractivity (Wildman–Crippen MR) is 173 cm³/mol. The lowest BCUT2D eigenvalue weighted by molar-refractivity contribution is 0.0356. The van der Waals surface area contributed by atoms with Crippen LogP contribution in [-0.2, 0) is 19.6 Å². The summed E-state index contributed by atoms with van der Waals surface area (Å²) in [4.78, 5) is 0. The van der Waals surface area contributed by atoms with Gasteiger partial charge in [-0.15, -0.1) is 0 Å². The number of unbranched alkanes of at least 4 members (excludes halogenated alkanes) is 6. The Morgan fingerprint density at radius 1 is 0.738 bits per heavy atom. The highest BCUT2D eigenvalue weighted by Crippen LogP contribution is 2.47. The molecule has 0 fully saturated rings. The van der Waals surface area contributed by atoms with Crippen LogP contribution in [0.25, 0.3) is 0 Å². The van der Waals surface area contributed by atoms with E-state index in [9.17, 15) is 8.78 Å². The molecule has 1 heterocycles. The van der Waals surface area contributed by atoms with Gasteiger partial charge in [-0.1, -0.05) is 104 Å². The Bertz CT molecular complexity index is 1190. The van der Waals surface area contributed by atoms with Crippen molar-refractivity contribution >= 4 is 11.6 Å². The number of rotatable bonds is 18. The van der Waals surface area contributed by atoms with Crippen molar-refractivity contribution in [3.05, 3.63) is 88.2 Å². The largest absolute Gasteiger partial charge is 0.486 e. The van der Waals surface area contributed by atoms with E-state index in [1.54, 1.807) is 24.3 Å². The molecule has 5 heteroatoms. The van der Waals surface area contributed by atoms with Gasteiger partial charge in [0.25, 0.3) is 0 Å². The van der Waals surface area contributed by atoms with Gasteiger partial charge in [-0.3, -0.25) is 0 Å². The molecule has 0 radical (unpaired) electrons. The third-order valence-electron chi connectivity index (χ3n) is 9.37. The van der Waals surface area contributed by atoms with Gasteiger partial charge in [0.2, 0.25) is 0 Å². The maximum atomic E-state index is 14.8. The minimum atomic E-state index is -0.557. The Kier molecular flexibility index (Phi) is 13.4. The van der Waals surface area contributed by atoms with Gasteiger partial charge in [-0.2, -0.15) is 0 Å². The minimum Gasteiger partial charge on any atom is -0.486 e. The molecule has 3 rings (SSSR count). The van der Waals surface area contributed by atoms with Gasteiger partial charge in [0, 0.05) is 36.4 Å². The molecule has 0 aliphatic carbocycles. The molecule has 2 nitrogen and oxygen atoms in total. The lowest BCUT2D eigenvalue weighted by atomic mass is 9.60. The smallest absolute Gasteiger partial charge is 0.165 e. The van der Waals surface area contributed by atoms with Crippen LogP contribution in [0.4, 0.5) is 8.78 Å². The Balaban J connectivity index is 1.35. The van der Waals surface area contributed by atoms with E-state index in [4.69, 9.17) is 16.3 Å². The van der Waals surface area contributed by atoms with Crippen molar-refractivity contribution in [2.45, 2.75) is 112 Å². The Morgan fingerprint density at radius 3 is 1.95 bits per heavy atom. The monoisotopic (exact) mass is 599 g/mol. The summed E-state index contributed by atoms with van der Waals surface area (Å²) < 4.78 is 37.1. The fourth-order valence-corrected chi connectivity index (χ4v) is 7.11. The van der Waals surface area contributed by atoms with Gasteiger partial charge in [0.05, 0.1) is 0 Å². The van der Waals surface area contributed by atoms with Crippen LogP contribution in [0, 0.1) is 34.8 Å². The Morgan fingerprint density at radius 2 is 1.33 bits per heavy atom. The number of aromatic nitrogens is 1. The normalized spacial score (nSPS) is 12.2. The van der Waals surface area contributed by atoms with Crippen molar-refractivity contribution in [3.8, 4) is 5.75 Å². The van der Waals surface area contributed by atoms with E-state index in [2.05, 4.69) is 46.1 Å². The number of aryl methyl sites for hydroxylation is 1. The molecule has 1 aromatic heterocycles. The molecule has 0 bridgehead atoms. The molecule has 0 amide bonds. The molecule has 0 saturated carbocycles. The number of benzene rings is 2. The van der Waals surface area contributed by atoms with Crippen LogP contribution < -0.4 is 4.74 Å². The average molecular weight is 600 g/mol. The SMILES string of the molecule is CC(C)C(CCCCCCCCCn1ccc(Cc2cc(F)c(OCc3ccc(Cl)cc3)cc2F)c1)(C(C)C)C(C)C. The van der Waals surface area contributed by atoms with Crippen molar-refractivity contribution in [3.63, 3.8) is 0 Å². The molecular formula is C37H52ClF2NO. The first-order valence-electron chi connectivity index (χ1n) is 16.0. The van der Waals surface area contributed by atoms with Crippen molar-refractivity contribution in [1.82, 2.24) is 4.57 Å². The fraction of sp³-hybridized carbons (Fsp3) is 0.568. The summed E-state index contributed by atoms with van der Waals surface area (Å²) >= 11 is 5.90. The molecule has 42 heavy (non-hydrogen) atoms. The first kappa shape index (κ1) is 34.2. The van der Waals surface area contributed by atoms with Crippen LogP contribution in [-0.4, -0.2) is 4.57 Å². The lowest BCUT2D eigenvalue weighted by Gasteiger charge is -2.45. The molecule has 0 aliphatic rings. The van der Waals surface area contributed by atoms with E-state index in [0.29, 0.717) is 22.4 Å². The first-order valence-corrected chi connectivity index (χ1v) is 16.4. The van der Waals surface area contributed by atoms with E-state index < -0.39 is 11.6 Å². The number of hydrogen-bond donors (Lipinski definition) is 0. The zero-order chi connectivity index (χ0) is 30.7. The van der Waals surface area contributed by atoms with Crippen LogP contribution in [0.5, 0.6) is 5.75 Å². The Hall–Kier alpha value is -2.33. The van der Waals surface area contributed by atoms with E-state index >= 15 is 0 Å². The predicted octanol–water partition coefficient (Wildman–Crippen LogP) is 11.7. The molecule has 0 aliphatic heterocycles. The van der Waals surface area contributed by atoms with Crippen molar-refractivity contribution in [1.29, 1.82) is 0 Å². The zero-order valence-corrected chi connectivity index (χ0v) is 27.5. The molecule has 232 valence electrons. The molecule has 2 aromatic carbocycles. The molecular weight excluding hydrogens is 548 g/mol. The summed E-state index contributed by atoms with van der Waals surface area (Å²) in [5.74, 6) is 1.06. The third-order valence-corrected chi connectivity index (χ3v) is 9.62. The highest BCUT2D eigenvalue weighted by Gasteiger charge is 2.39. The Labute approximate surface area is 258 Å². The van der Waals surface area contributed by atoms with E-state index in [1.165, 1.54) is 51.0 Å². The van der Waals surface area contributed by atoms with Gasteiger partial charge in [-0.25, -0.2) is 8.78 Å². The van der Waals surface area contributed by atoms with E-state index in [0.717, 1.165) is 47.9 Å². The second kappa shape index (κ2) is 16.5. The van der Waals surface area contributed by atoms with Gasteiger partial charge in [0.15, 0.2) is 11.6 Å². The lowest BCUT2D eigenvalue weighted by Crippen LogP contribution is -2.38. The zero-order valence-electron chi connectivity index (χ0n) is 26.7. The van der Waals surface area contributed by atoms with Crippen LogP contribution in [0.2, 0.25) is 5.02 Å². The summed E-state index contributed by atoms with van der Waals surface area (Å²) in [5.41, 5.74) is 2.59. The maximum absolute atomic E-state index is 14.8. The molecule has 3 aromatic rings. The topological polar surface area (TPSA) is 14.2 Å². The fourth-order valence-electron chi connectivity index (χ4n) is 6.99. The summed E-state index contributed by atoms with van der Waals surface area (Å²) in [5, 5.41) is 0.618. The third kappa shape index (κ3) is 9.59. The number of ether oxygens (including phenoxy) is 1. The molecule has 0 unspecified atom stereocenters. The molecule has 0 N–H and O–H groups in total. The number of halogens is 3. The van der Waals surface area contributed by atoms with Gasteiger partial charge in [-0.05, 0) is 77.0 Å². The highest BCUT2D eigenvalue weighted by atomic mass is 35.5.